The van der Waals surface area contributed by atoms with Crippen LogP contribution < -0.4 is 0 Å². The maximum atomic E-state index is 11.2. The molecule has 0 spiro atoms. The van der Waals surface area contributed by atoms with Gasteiger partial charge in [0.05, 0.1) is 0 Å². The van der Waals surface area contributed by atoms with Crippen molar-refractivity contribution in [3.8, 4) is 0 Å². The number of thioether (sulfide) groups is 1. The van der Waals surface area contributed by atoms with Crippen LogP contribution >= 0.6 is 11.8 Å². The summed E-state index contributed by atoms with van der Waals surface area (Å²) in [5.41, 5.74) is 2.12. The molecule has 0 aliphatic rings. The predicted octanol–water partition coefficient (Wildman–Crippen LogP) is 3.62. The van der Waals surface area contributed by atoms with Gasteiger partial charge in [-0.15, -0.1) is 0 Å². The Balaban J connectivity index is 2.74. The Labute approximate surface area is 101 Å². The van der Waals surface area contributed by atoms with Gasteiger partial charge in [-0.25, -0.2) is 0 Å². The Kier molecular flexibility index (Phi) is 5.06. The molecule has 16 heavy (non-hydrogen) atoms. The average molecular weight is 232 g/mol. The van der Waals surface area contributed by atoms with Crippen LogP contribution in [0.1, 0.15) is 12.5 Å². The zero-order valence-electron chi connectivity index (χ0n) is 9.48. The molecular formula is C14H16OS. The van der Waals surface area contributed by atoms with Crippen LogP contribution in [0.2, 0.25) is 0 Å². The first-order chi connectivity index (χ1) is 7.63. The molecule has 0 heterocycles. The van der Waals surface area contributed by atoms with E-state index in [0.29, 0.717) is 0 Å². The summed E-state index contributed by atoms with van der Waals surface area (Å²) in [4.78, 5) is 11.2. The maximum absolute atomic E-state index is 11.2. The number of carbonyl (C=O) groups is 1. The quantitative estimate of drug-likeness (QED) is 0.721. The second-order valence-corrected chi connectivity index (χ2v) is 4.95. The molecule has 0 fully saturated rings. The molecule has 1 atom stereocenters. The van der Waals surface area contributed by atoms with Crippen LogP contribution in [0.15, 0.2) is 55.1 Å². The van der Waals surface area contributed by atoms with Crippen LogP contribution in [0.3, 0.4) is 0 Å². The maximum Gasteiger partial charge on any atom is 0.186 e. The molecule has 0 aromatic heterocycles. The van der Waals surface area contributed by atoms with Crippen molar-refractivity contribution < 1.29 is 4.79 Å². The minimum Gasteiger partial charge on any atom is -0.288 e. The summed E-state index contributed by atoms with van der Waals surface area (Å²) in [6, 6.07) is 10.1. The van der Waals surface area contributed by atoms with Crippen molar-refractivity contribution in [2.45, 2.75) is 18.6 Å². The van der Waals surface area contributed by atoms with E-state index in [9.17, 15) is 4.79 Å². The van der Waals surface area contributed by atoms with E-state index in [1.165, 1.54) is 17.3 Å². The van der Waals surface area contributed by atoms with Gasteiger partial charge < -0.3 is 0 Å². The molecule has 1 aromatic carbocycles. The molecule has 0 aliphatic heterocycles. The third-order valence-electron chi connectivity index (χ3n) is 2.25. The number of hydrogen-bond donors (Lipinski definition) is 0. The van der Waals surface area contributed by atoms with E-state index in [-0.39, 0.29) is 10.4 Å². The van der Waals surface area contributed by atoms with E-state index in [4.69, 9.17) is 0 Å². The van der Waals surface area contributed by atoms with Crippen molar-refractivity contribution in [1.29, 1.82) is 0 Å². The monoisotopic (exact) mass is 232 g/mol. The molecule has 0 aliphatic carbocycles. The number of hydrogen-bond acceptors (Lipinski definition) is 2. The smallest absolute Gasteiger partial charge is 0.186 e. The van der Waals surface area contributed by atoms with Gasteiger partial charge >= 0.3 is 0 Å². The highest BCUT2D eigenvalue weighted by Crippen LogP contribution is 2.23. The van der Waals surface area contributed by atoms with E-state index in [1.54, 1.807) is 13.0 Å². The minimum atomic E-state index is 0.0948. The lowest BCUT2D eigenvalue weighted by atomic mass is 10.1. The number of benzene rings is 1. The number of rotatable bonds is 5. The molecule has 0 saturated heterocycles. The van der Waals surface area contributed by atoms with Crippen molar-refractivity contribution in [1.82, 2.24) is 0 Å². The SMILES string of the molecule is C=CC(=C)C(Cc1ccccc1)SC(C)=O. The first-order valence-corrected chi connectivity index (χ1v) is 6.04. The fourth-order valence-corrected chi connectivity index (χ4v) is 2.33. The van der Waals surface area contributed by atoms with Gasteiger partial charge in [-0.05, 0) is 17.6 Å². The zero-order chi connectivity index (χ0) is 12.0. The molecule has 1 rings (SSSR count). The summed E-state index contributed by atoms with van der Waals surface area (Å²) in [6.45, 7) is 9.22. The first-order valence-electron chi connectivity index (χ1n) is 5.16. The highest BCUT2D eigenvalue weighted by Gasteiger charge is 2.14. The van der Waals surface area contributed by atoms with E-state index < -0.39 is 0 Å². The van der Waals surface area contributed by atoms with Crippen molar-refractivity contribution in [2.75, 3.05) is 0 Å². The Morgan fingerprint density at radius 3 is 2.56 bits per heavy atom. The van der Waals surface area contributed by atoms with Gasteiger partial charge in [0.15, 0.2) is 5.12 Å². The normalized spacial score (nSPS) is 11.8. The second kappa shape index (κ2) is 6.33. The molecule has 1 aromatic rings. The lowest BCUT2D eigenvalue weighted by Gasteiger charge is -2.15. The Morgan fingerprint density at radius 1 is 1.44 bits per heavy atom. The van der Waals surface area contributed by atoms with Gasteiger partial charge in [0.2, 0.25) is 0 Å². The summed E-state index contributed by atoms with van der Waals surface area (Å²) >= 11 is 1.32. The van der Waals surface area contributed by atoms with Crippen molar-refractivity contribution in [3.63, 3.8) is 0 Å². The molecule has 1 unspecified atom stereocenters. The highest BCUT2D eigenvalue weighted by molar-refractivity contribution is 8.14. The van der Waals surface area contributed by atoms with Crippen molar-refractivity contribution in [2.24, 2.45) is 0 Å². The van der Waals surface area contributed by atoms with Gasteiger partial charge in [0.25, 0.3) is 0 Å². The van der Waals surface area contributed by atoms with E-state index in [1.807, 2.05) is 18.2 Å². The fraction of sp³-hybridized carbons (Fsp3) is 0.214. The lowest BCUT2D eigenvalue weighted by Crippen LogP contribution is -2.10. The molecule has 84 valence electrons. The molecule has 0 bridgehead atoms. The Hall–Kier alpha value is -1.28. The molecule has 0 saturated carbocycles. The van der Waals surface area contributed by atoms with E-state index >= 15 is 0 Å². The van der Waals surface area contributed by atoms with Crippen LogP contribution in [-0.4, -0.2) is 10.4 Å². The van der Waals surface area contributed by atoms with Crippen molar-refractivity contribution >= 4 is 16.9 Å². The zero-order valence-corrected chi connectivity index (χ0v) is 10.3. The van der Waals surface area contributed by atoms with Crippen LogP contribution in [0.25, 0.3) is 0 Å². The summed E-state index contributed by atoms with van der Waals surface area (Å²) < 4.78 is 0. The summed E-state index contributed by atoms with van der Waals surface area (Å²) in [6.07, 6.45) is 2.54. The molecule has 0 N–H and O–H groups in total. The molecule has 2 heteroatoms. The van der Waals surface area contributed by atoms with Gasteiger partial charge in [0.1, 0.15) is 0 Å². The Bertz CT molecular complexity index is 381. The second-order valence-electron chi connectivity index (χ2n) is 3.57. The van der Waals surface area contributed by atoms with Gasteiger partial charge in [-0.2, -0.15) is 0 Å². The van der Waals surface area contributed by atoms with Gasteiger partial charge in [0, 0.05) is 12.2 Å². The third kappa shape index (κ3) is 4.07. The highest BCUT2D eigenvalue weighted by atomic mass is 32.2. The summed E-state index contributed by atoms with van der Waals surface area (Å²) in [5, 5.41) is 0.210. The van der Waals surface area contributed by atoms with Crippen LogP contribution in [0.5, 0.6) is 0 Å². The molecule has 1 nitrogen and oxygen atoms in total. The number of allylic oxidation sites excluding steroid dienone is 1. The molecule has 0 radical (unpaired) electrons. The largest absolute Gasteiger partial charge is 0.288 e. The topological polar surface area (TPSA) is 17.1 Å². The molecular weight excluding hydrogens is 216 g/mol. The van der Waals surface area contributed by atoms with Crippen LogP contribution in [-0.2, 0) is 11.2 Å². The summed E-state index contributed by atoms with van der Waals surface area (Å²) in [5.74, 6) is 0. The standard InChI is InChI=1S/C14H16OS/c1-4-11(2)14(16-12(3)15)10-13-8-6-5-7-9-13/h4-9,14H,1-2,10H2,3H3. The minimum absolute atomic E-state index is 0.0948. The van der Waals surface area contributed by atoms with Crippen LogP contribution in [0.4, 0.5) is 0 Å². The van der Waals surface area contributed by atoms with Gasteiger partial charge in [-0.1, -0.05) is 61.3 Å². The van der Waals surface area contributed by atoms with E-state index in [0.717, 1.165) is 12.0 Å². The Morgan fingerprint density at radius 2 is 2.06 bits per heavy atom. The average Bonchev–Trinajstić information content (AvgIpc) is 2.28. The predicted molar refractivity (Wildman–Crippen MR) is 71.5 cm³/mol. The number of carbonyl (C=O) groups excluding carboxylic acids is 1. The fourth-order valence-electron chi connectivity index (χ4n) is 1.41. The third-order valence-corrected chi connectivity index (χ3v) is 3.33. The lowest BCUT2D eigenvalue weighted by molar-refractivity contribution is -0.109. The van der Waals surface area contributed by atoms with Crippen LogP contribution in [0, 0.1) is 0 Å². The van der Waals surface area contributed by atoms with Gasteiger partial charge in [-0.3, -0.25) is 4.79 Å². The molecule has 0 amide bonds. The summed E-state index contributed by atoms with van der Waals surface area (Å²) in [7, 11) is 0. The van der Waals surface area contributed by atoms with E-state index in [2.05, 4.69) is 25.3 Å². The van der Waals surface area contributed by atoms with Crippen molar-refractivity contribution in [3.05, 3.63) is 60.7 Å². The first kappa shape index (κ1) is 12.8.